The monoisotopic (exact) mass is 306 g/mol. The summed E-state index contributed by atoms with van der Waals surface area (Å²) in [5.74, 6) is -0.302. The van der Waals surface area contributed by atoms with Gasteiger partial charge in [0.25, 0.3) is 0 Å². The maximum Gasteiger partial charge on any atom is 0.234 e. The number of hydrogen-bond acceptors (Lipinski definition) is 4. The van der Waals surface area contributed by atoms with E-state index in [-0.39, 0.29) is 18.1 Å². The second-order valence-corrected chi connectivity index (χ2v) is 7.77. The van der Waals surface area contributed by atoms with E-state index in [0.717, 1.165) is 0 Å². The first-order valence-electron chi connectivity index (χ1n) is 5.87. The van der Waals surface area contributed by atoms with Crippen molar-refractivity contribution in [3.8, 4) is 0 Å². The van der Waals surface area contributed by atoms with Gasteiger partial charge in [-0.3, -0.25) is 4.72 Å². The topological polar surface area (TPSA) is 92.3 Å². The lowest BCUT2D eigenvalue weighted by molar-refractivity contribution is 0.580. The first-order chi connectivity index (χ1) is 8.85. The van der Waals surface area contributed by atoms with Crippen LogP contribution < -0.4 is 9.44 Å². The highest BCUT2D eigenvalue weighted by molar-refractivity contribution is 7.92. The summed E-state index contributed by atoms with van der Waals surface area (Å²) in [4.78, 5) is 0. The lowest BCUT2D eigenvalue weighted by Crippen LogP contribution is -2.32. The van der Waals surface area contributed by atoms with Gasteiger partial charge in [-0.15, -0.1) is 0 Å². The number of para-hydroxylation sites is 1. The molecule has 1 rings (SSSR count). The van der Waals surface area contributed by atoms with E-state index in [2.05, 4.69) is 9.44 Å². The number of hydrogen-bond donors (Lipinski definition) is 2. The fourth-order valence-electron chi connectivity index (χ4n) is 1.41. The Bertz CT molecular complexity index is 582. The van der Waals surface area contributed by atoms with Crippen LogP contribution in [0.2, 0.25) is 0 Å². The van der Waals surface area contributed by atoms with Gasteiger partial charge in [0.15, 0.2) is 0 Å². The van der Waals surface area contributed by atoms with Crippen molar-refractivity contribution in [3.63, 3.8) is 0 Å². The third-order valence-corrected chi connectivity index (χ3v) is 5.09. The Kier molecular flexibility index (Phi) is 5.77. The van der Waals surface area contributed by atoms with E-state index in [1.54, 1.807) is 37.3 Å². The summed E-state index contributed by atoms with van der Waals surface area (Å²) in [6.45, 7) is 1.61. The van der Waals surface area contributed by atoms with Crippen LogP contribution in [-0.2, 0) is 20.0 Å². The molecule has 6 nitrogen and oxygen atoms in total. The Morgan fingerprint density at radius 2 is 1.58 bits per heavy atom. The van der Waals surface area contributed by atoms with E-state index >= 15 is 0 Å². The molecule has 0 saturated heterocycles. The summed E-state index contributed by atoms with van der Waals surface area (Å²) in [5.41, 5.74) is 0.457. The average Bonchev–Trinajstić information content (AvgIpc) is 2.28. The summed E-state index contributed by atoms with van der Waals surface area (Å²) in [6, 6.07) is 8.44. The molecule has 1 aromatic rings. The zero-order valence-corrected chi connectivity index (χ0v) is 12.3. The van der Waals surface area contributed by atoms with Crippen molar-refractivity contribution in [2.45, 2.75) is 13.3 Å². The highest BCUT2D eigenvalue weighted by Gasteiger charge is 2.13. The van der Waals surface area contributed by atoms with Crippen molar-refractivity contribution >= 4 is 25.7 Å². The minimum absolute atomic E-state index is 0.000832. The second-order valence-electron chi connectivity index (χ2n) is 4.00. The fraction of sp³-hybridized carbons (Fsp3) is 0.455. The van der Waals surface area contributed by atoms with Crippen molar-refractivity contribution < 1.29 is 16.8 Å². The molecule has 0 unspecified atom stereocenters. The SMILES string of the molecule is CCCS(=O)(=O)NCCS(=O)(=O)Nc1ccccc1. The summed E-state index contributed by atoms with van der Waals surface area (Å²) in [7, 11) is -6.92. The van der Waals surface area contributed by atoms with Crippen LogP contribution in [0.15, 0.2) is 30.3 Å². The molecule has 0 fully saturated rings. The summed E-state index contributed by atoms with van der Waals surface area (Å²) < 4.78 is 50.7. The van der Waals surface area contributed by atoms with Gasteiger partial charge in [-0.1, -0.05) is 25.1 Å². The lowest BCUT2D eigenvalue weighted by atomic mass is 10.3. The number of benzene rings is 1. The van der Waals surface area contributed by atoms with Crippen molar-refractivity contribution in [1.82, 2.24) is 4.72 Å². The van der Waals surface area contributed by atoms with E-state index in [9.17, 15) is 16.8 Å². The van der Waals surface area contributed by atoms with Gasteiger partial charge in [0.1, 0.15) is 0 Å². The number of anilines is 1. The highest BCUT2D eigenvalue weighted by Crippen LogP contribution is 2.07. The summed E-state index contributed by atoms with van der Waals surface area (Å²) in [6.07, 6.45) is 0.490. The van der Waals surface area contributed by atoms with Crippen molar-refractivity contribution in [1.29, 1.82) is 0 Å². The normalized spacial score (nSPS) is 12.3. The van der Waals surface area contributed by atoms with Gasteiger partial charge >= 0.3 is 0 Å². The predicted molar refractivity (Wildman–Crippen MR) is 75.9 cm³/mol. The van der Waals surface area contributed by atoms with E-state index in [1.165, 1.54) is 0 Å². The maximum atomic E-state index is 11.7. The van der Waals surface area contributed by atoms with Gasteiger partial charge in [-0.25, -0.2) is 21.6 Å². The van der Waals surface area contributed by atoms with E-state index in [4.69, 9.17) is 0 Å². The van der Waals surface area contributed by atoms with Gasteiger partial charge < -0.3 is 0 Å². The zero-order chi connectivity index (χ0) is 14.4. The Morgan fingerprint density at radius 3 is 2.16 bits per heavy atom. The van der Waals surface area contributed by atoms with Crippen molar-refractivity contribution in [3.05, 3.63) is 30.3 Å². The molecule has 0 bridgehead atoms. The molecule has 0 radical (unpaired) electrons. The quantitative estimate of drug-likeness (QED) is 0.741. The fourth-order valence-corrected chi connectivity index (χ4v) is 3.60. The van der Waals surface area contributed by atoms with E-state index in [0.29, 0.717) is 12.1 Å². The van der Waals surface area contributed by atoms with Crippen LogP contribution in [0.4, 0.5) is 5.69 Å². The molecule has 19 heavy (non-hydrogen) atoms. The van der Waals surface area contributed by atoms with Gasteiger partial charge in [-0.05, 0) is 18.6 Å². The van der Waals surface area contributed by atoms with Crippen LogP contribution in [0.25, 0.3) is 0 Å². The molecule has 0 aliphatic rings. The van der Waals surface area contributed by atoms with Crippen LogP contribution in [0.3, 0.4) is 0 Å². The minimum Gasteiger partial charge on any atom is -0.284 e. The second kappa shape index (κ2) is 6.88. The smallest absolute Gasteiger partial charge is 0.234 e. The zero-order valence-electron chi connectivity index (χ0n) is 10.7. The molecule has 0 aliphatic heterocycles. The van der Waals surface area contributed by atoms with Gasteiger partial charge in [0, 0.05) is 12.2 Å². The van der Waals surface area contributed by atoms with Crippen LogP contribution in [0.1, 0.15) is 13.3 Å². The molecule has 0 saturated carbocycles. The minimum atomic E-state index is -3.55. The van der Waals surface area contributed by atoms with Crippen molar-refractivity contribution in [2.24, 2.45) is 0 Å². The number of nitrogens with one attached hydrogen (secondary N) is 2. The molecule has 2 N–H and O–H groups in total. The lowest BCUT2D eigenvalue weighted by Gasteiger charge is -2.08. The standard InChI is InChI=1S/C11H18N2O4S2/c1-2-9-18(14,15)12-8-10-19(16,17)13-11-6-4-3-5-7-11/h3-7,12-13H,2,8-10H2,1H3. The molecular formula is C11H18N2O4S2. The molecule has 0 heterocycles. The maximum absolute atomic E-state index is 11.7. The van der Waals surface area contributed by atoms with Gasteiger partial charge in [0.05, 0.1) is 11.5 Å². The van der Waals surface area contributed by atoms with Crippen molar-refractivity contribution in [2.75, 3.05) is 22.8 Å². The largest absolute Gasteiger partial charge is 0.284 e. The molecule has 0 aromatic heterocycles. The first-order valence-corrected chi connectivity index (χ1v) is 9.18. The summed E-state index contributed by atoms with van der Waals surface area (Å²) >= 11 is 0. The Morgan fingerprint density at radius 1 is 0.947 bits per heavy atom. The van der Waals surface area contributed by atoms with Crippen LogP contribution >= 0.6 is 0 Å². The Hall–Kier alpha value is -1.12. The average molecular weight is 306 g/mol. The predicted octanol–water partition coefficient (Wildman–Crippen LogP) is 0.758. The van der Waals surface area contributed by atoms with E-state index in [1.807, 2.05) is 0 Å². The third kappa shape index (κ3) is 6.55. The molecule has 0 spiro atoms. The Labute approximate surface area is 114 Å². The van der Waals surface area contributed by atoms with Crippen LogP contribution in [-0.4, -0.2) is 34.9 Å². The van der Waals surface area contributed by atoms with Gasteiger partial charge in [-0.2, -0.15) is 0 Å². The Balaban J connectivity index is 2.48. The highest BCUT2D eigenvalue weighted by atomic mass is 32.2. The molecule has 108 valence electrons. The number of rotatable bonds is 8. The molecule has 0 aliphatic carbocycles. The van der Waals surface area contributed by atoms with Crippen LogP contribution in [0, 0.1) is 0 Å². The third-order valence-electron chi connectivity index (χ3n) is 2.21. The summed E-state index contributed by atoms with van der Waals surface area (Å²) in [5, 5.41) is 0. The van der Waals surface area contributed by atoms with E-state index < -0.39 is 20.0 Å². The molecule has 8 heteroatoms. The molecule has 0 atom stereocenters. The molecule has 1 aromatic carbocycles. The number of sulfonamides is 2. The van der Waals surface area contributed by atoms with Crippen LogP contribution in [0.5, 0.6) is 0 Å². The van der Waals surface area contributed by atoms with Gasteiger partial charge in [0.2, 0.25) is 20.0 Å². The molecule has 0 amide bonds. The molecular weight excluding hydrogens is 288 g/mol. The first kappa shape index (κ1) is 15.9.